The van der Waals surface area contributed by atoms with E-state index in [0.717, 1.165) is 36.5 Å². The van der Waals surface area contributed by atoms with Gasteiger partial charge in [0.2, 0.25) is 5.91 Å². The van der Waals surface area contributed by atoms with Crippen molar-refractivity contribution in [3.05, 3.63) is 29.3 Å². The summed E-state index contributed by atoms with van der Waals surface area (Å²) in [5, 5.41) is 6.34. The van der Waals surface area contributed by atoms with Crippen LogP contribution in [0.1, 0.15) is 38.6 Å². The molecule has 22 heavy (non-hydrogen) atoms. The Labute approximate surface area is 136 Å². The Balaban J connectivity index is 1.65. The van der Waals surface area contributed by atoms with Crippen molar-refractivity contribution in [2.75, 3.05) is 13.1 Å². The van der Waals surface area contributed by atoms with Crippen molar-refractivity contribution in [1.29, 1.82) is 0 Å². The predicted molar refractivity (Wildman–Crippen MR) is 92.1 cm³/mol. The number of aromatic nitrogens is 1. The maximum absolute atomic E-state index is 11.8. The maximum atomic E-state index is 11.8. The third-order valence-electron chi connectivity index (χ3n) is 3.36. The predicted octanol–water partition coefficient (Wildman–Crippen LogP) is 2.10. The lowest BCUT2D eigenvalue weighted by atomic mass is 10.1. The molecule has 0 aliphatic heterocycles. The van der Waals surface area contributed by atoms with Crippen molar-refractivity contribution in [2.45, 2.75) is 45.6 Å². The highest BCUT2D eigenvalue weighted by Gasteiger charge is 2.12. The number of quaternary nitrogens is 1. The number of nitrogens with one attached hydrogen (secondary N) is 1. The Morgan fingerprint density at radius 1 is 1.32 bits per heavy atom. The quantitative estimate of drug-likeness (QED) is 0.768. The van der Waals surface area contributed by atoms with Gasteiger partial charge in [-0.1, -0.05) is 12.1 Å². The average molecular weight is 320 g/mol. The third kappa shape index (κ3) is 5.73. The number of nitrogens with two attached hydrogens (primary N) is 1. The van der Waals surface area contributed by atoms with Gasteiger partial charge in [0.05, 0.1) is 27.3 Å². The van der Waals surface area contributed by atoms with Crippen molar-refractivity contribution < 1.29 is 10.1 Å². The number of benzene rings is 1. The first-order valence-corrected chi connectivity index (χ1v) is 8.71. The van der Waals surface area contributed by atoms with Crippen LogP contribution in [0.4, 0.5) is 0 Å². The molecule has 0 aliphatic carbocycles. The van der Waals surface area contributed by atoms with E-state index in [0.29, 0.717) is 6.42 Å². The fourth-order valence-corrected chi connectivity index (χ4v) is 3.17. The lowest BCUT2D eigenvalue weighted by Gasteiger charge is -2.16. The molecule has 1 aromatic carbocycles. The van der Waals surface area contributed by atoms with E-state index >= 15 is 0 Å². The Morgan fingerprint density at radius 3 is 2.82 bits per heavy atom. The number of amides is 1. The van der Waals surface area contributed by atoms with Crippen LogP contribution in [0, 0.1) is 0 Å². The van der Waals surface area contributed by atoms with Gasteiger partial charge in [0.15, 0.2) is 0 Å². The summed E-state index contributed by atoms with van der Waals surface area (Å²) in [6.45, 7) is 8.39. The lowest BCUT2D eigenvalue weighted by Crippen LogP contribution is -2.94. The molecule has 0 fully saturated rings. The summed E-state index contributed by atoms with van der Waals surface area (Å²) >= 11 is 1.68. The second-order valence-corrected chi connectivity index (χ2v) is 7.75. The number of fused-ring (bicyclic) bond motifs is 1. The minimum absolute atomic E-state index is 0.120. The van der Waals surface area contributed by atoms with Gasteiger partial charge in [0.1, 0.15) is 0 Å². The highest BCUT2D eigenvalue weighted by molar-refractivity contribution is 7.18. The maximum Gasteiger partial charge on any atom is 0.220 e. The molecule has 3 N–H and O–H groups in total. The number of para-hydroxylation sites is 1. The van der Waals surface area contributed by atoms with Gasteiger partial charge in [-0.3, -0.25) is 4.79 Å². The fourth-order valence-electron chi connectivity index (χ4n) is 2.20. The summed E-state index contributed by atoms with van der Waals surface area (Å²) in [7, 11) is 0. The normalized spacial score (nSPS) is 11.8. The number of aryl methyl sites for hydroxylation is 1. The Bertz CT molecular complexity index is 583. The minimum Gasteiger partial charge on any atom is -0.356 e. The molecule has 2 rings (SSSR count). The van der Waals surface area contributed by atoms with Crippen LogP contribution >= 0.6 is 11.3 Å². The summed E-state index contributed by atoms with van der Waals surface area (Å²) in [4.78, 5) is 16.4. The number of carbonyl (C=O) groups is 1. The molecule has 0 atom stereocenters. The molecule has 0 bridgehead atoms. The number of carbonyl (C=O) groups excluding carboxylic acids is 1. The van der Waals surface area contributed by atoms with E-state index in [9.17, 15) is 4.79 Å². The molecular weight excluding hydrogens is 294 g/mol. The van der Waals surface area contributed by atoms with E-state index in [1.807, 2.05) is 18.2 Å². The fraction of sp³-hybridized carbons (Fsp3) is 0.529. The molecule has 0 spiro atoms. The molecular formula is C17H26N3OS+. The molecule has 120 valence electrons. The minimum atomic E-state index is 0.120. The van der Waals surface area contributed by atoms with Crippen LogP contribution in [0.3, 0.4) is 0 Å². The van der Waals surface area contributed by atoms with Gasteiger partial charge in [-0.15, -0.1) is 11.3 Å². The first kappa shape index (κ1) is 16.9. The van der Waals surface area contributed by atoms with Crippen molar-refractivity contribution in [3.8, 4) is 0 Å². The van der Waals surface area contributed by atoms with Crippen LogP contribution in [0.5, 0.6) is 0 Å². The van der Waals surface area contributed by atoms with Crippen LogP contribution in [-0.4, -0.2) is 29.5 Å². The summed E-state index contributed by atoms with van der Waals surface area (Å²) in [6, 6.07) is 8.10. The average Bonchev–Trinajstić information content (AvgIpc) is 2.86. The Morgan fingerprint density at radius 2 is 2.09 bits per heavy atom. The molecule has 0 saturated heterocycles. The summed E-state index contributed by atoms with van der Waals surface area (Å²) in [5.74, 6) is 0.120. The van der Waals surface area contributed by atoms with E-state index in [-0.39, 0.29) is 11.4 Å². The molecule has 1 aromatic heterocycles. The molecule has 1 heterocycles. The van der Waals surface area contributed by atoms with E-state index in [1.165, 1.54) is 4.70 Å². The van der Waals surface area contributed by atoms with Crippen molar-refractivity contribution >= 4 is 27.5 Å². The van der Waals surface area contributed by atoms with Gasteiger partial charge < -0.3 is 10.6 Å². The molecule has 0 aliphatic rings. The summed E-state index contributed by atoms with van der Waals surface area (Å²) in [6.07, 6.45) is 2.24. The Hall–Kier alpha value is -1.46. The first-order valence-electron chi connectivity index (χ1n) is 7.89. The topological polar surface area (TPSA) is 58.6 Å². The van der Waals surface area contributed by atoms with Crippen LogP contribution < -0.4 is 10.6 Å². The zero-order chi connectivity index (χ0) is 16.0. The third-order valence-corrected chi connectivity index (χ3v) is 4.46. The summed E-state index contributed by atoms with van der Waals surface area (Å²) < 4.78 is 1.19. The van der Waals surface area contributed by atoms with E-state index in [2.05, 4.69) is 42.5 Å². The number of rotatable bonds is 7. The van der Waals surface area contributed by atoms with Crippen LogP contribution in [-0.2, 0) is 11.2 Å². The van der Waals surface area contributed by atoms with Crippen molar-refractivity contribution in [1.82, 2.24) is 10.3 Å². The van der Waals surface area contributed by atoms with Crippen molar-refractivity contribution in [2.24, 2.45) is 0 Å². The van der Waals surface area contributed by atoms with E-state index in [4.69, 9.17) is 0 Å². The second kappa shape index (κ2) is 7.70. The van der Waals surface area contributed by atoms with Gasteiger partial charge in [-0.05, 0) is 32.9 Å². The number of thiazole rings is 1. The molecule has 2 aromatic rings. The van der Waals surface area contributed by atoms with Gasteiger partial charge in [-0.25, -0.2) is 4.98 Å². The van der Waals surface area contributed by atoms with Crippen LogP contribution in [0.2, 0.25) is 0 Å². The zero-order valence-electron chi connectivity index (χ0n) is 13.7. The second-order valence-electron chi connectivity index (χ2n) is 6.64. The van der Waals surface area contributed by atoms with Gasteiger partial charge in [-0.2, -0.15) is 0 Å². The highest BCUT2D eigenvalue weighted by Crippen LogP contribution is 2.22. The smallest absolute Gasteiger partial charge is 0.220 e. The Kier molecular flexibility index (Phi) is 5.91. The largest absolute Gasteiger partial charge is 0.356 e. The van der Waals surface area contributed by atoms with Gasteiger partial charge in [0.25, 0.3) is 0 Å². The molecule has 0 saturated carbocycles. The number of nitrogens with zero attached hydrogens (tertiary/aromatic N) is 1. The zero-order valence-corrected chi connectivity index (χ0v) is 14.5. The standard InChI is InChI=1S/C17H25N3OS/c1-17(2,3)19-12-6-11-18-15(21)9-10-16-20-13-7-4-5-8-14(13)22-16/h4-5,7-8,19H,6,9-12H2,1-3H3,(H,18,21)/p+1. The van der Waals surface area contributed by atoms with Gasteiger partial charge in [0, 0.05) is 25.8 Å². The van der Waals surface area contributed by atoms with Gasteiger partial charge >= 0.3 is 0 Å². The van der Waals surface area contributed by atoms with E-state index < -0.39 is 0 Å². The molecule has 4 nitrogen and oxygen atoms in total. The monoisotopic (exact) mass is 320 g/mol. The summed E-state index contributed by atoms with van der Waals surface area (Å²) in [5.41, 5.74) is 1.29. The molecule has 5 heteroatoms. The highest BCUT2D eigenvalue weighted by atomic mass is 32.1. The first-order chi connectivity index (χ1) is 10.4. The number of hydrogen-bond acceptors (Lipinski definition) is 3. The number of hydrogen-bond donors (Lipinski definition) is 2. The van der Waals surface area contributed by atoms with Crippen molar-refractivity contribution in [3.63, 3.8) is 0 Å². The molecule has 0 radical (unpaired) electrons. The van der Waals surface area contributed by atoms with Crippen LogP contribution in [0.25, 0.3) is 10.2 Å². The molecule has 1 amide bonds. The van der Waals surface area contributed by atoms with Crippen LogP contribution in [0.15, 0.2) is 24.3 Å². The molecule has 0 unspecified atom stereocenters. The SMILES string of the molecule is CC(C)(C)[NH2+]CCCNC(=O)CCc1nc2ccccc2s1. The van der Waals surface area contributed by atoms with E-state index in [1.54, 1.807) is 11.3 Å². The lowest BCUT2D eigenvalue weighted by molar-refractivity contribution is -0.717.